The molecule has 0 aliphatic carbocycles. The third kappa shape index (κ3) is 9.94. The maximum Gasteiger partial charge on any atom is 0.336 e. The summed E-state index contributed by atoms with van der Waals surface area (Å²) in [6.07, 6.45) is 10.1. The van der Waals surface area contributed by atoms with E-state index in [2.05, 4.69) is 10.0 Å². The minimum Gasteiger partial charge on any atom is -0.478 e. The van der Waals surface area contributed by atoms with Gasteiger partial charge in [0.1, 0.15) is 0 Å². The van der Waals surface area contributed by atoms with E-state index in [4.69, 9.17) is 10.3 Å². The molecule has 0 bridgehead atoms. The van der Waals surface area contributed by atoms with Crippen molar-refractivity contribution in [3.05, 3.63) is 63.1 Å². The number of aliphatic hydroxyl groups is 1. The van der Waals surface area contributed by atoms with Crippen LogP contribution in [0.25, 0.3) is 16.5 Å². The van der Waals surface area contributed by atoms with Crippen LogP contribution in [0.3, 0.4) is 0 Å². The summed E-state index contributed by atoms with van der Waals surface area (Å²) < 4.78 is 5.71. The van der Waals surface area contributed by atoms with Crippen LogP contribution in [0.1, 0.15) is 66.6 Å². The van der Waals surface area contributed by atoms with Crippen molar-refractivity contribution in [2.24, 2.45) is 5.11 Å². The smallest absolute Gasteiger partial charge is 0.336 e. The summed E-state index contributed by atoms with van der Waals surface area (Å²) in [7, 11) is 0. The van der Waals surface area contributed by atoms with Crippen LogP contribution in [0.5, 0.6) is 0 Å². The molecule has 0 spiro atoms. The molecule has 7 nitrogen and oxygen atoms in total. The van der Waals surface area contributed by atoms with Gasteiger partial charge < -0.3 is 14.9 Å². The fourth-order valence-electron chi connectivity index (χ4n) is 3.09. The van der Waals surface area contributed by atoms with Gasteiger partial charge in [-0.05, 0) is 70.0 Å². The van der Waals surface area contributed by atoms with E-state index in [1.165, 1.54) is 0 Å². The van der Waals surface area contributed by atoms with Crippen LogP contribution < -0.4 is 0 Å². The van der Waals surface area contributed by atoms with Gasteiger partial charge in [0.15, 0.2) is 5.79 Å². The molecule has 0 unspecified atom stereocenters. The number of aromatic carboxylic acids is 1. The van der Waals surface area contributed by atoms with E-state index in [0.29, 0.717) is 43.4 Å². The summed E-state index contributed by atoms with van der Waals surface area (Å²) in [5.41, 5.74) is 11.0. The Hall–Kier alpha value is -2.60. The SMILES string of the molecule is Cc1cc(C)c(C(=O)O)c(/C=C/CC[C@@H](C/C=C\CCN=[N+]=[N-])OC(C)(C)O)c1. The van der Waals surface area contributed by atoms with Crippen molar-refractivity contribution >= 4 is 12.0 Å². The molecule has 1 aromatic rings. The van der Waals surface area contributed by atoms with Gasteiger partial charge in [-0.25, -0.2) is 4.79 Å². The van der Waals surface area contributed by atoms with Crippen LogP contribution in [0.4, 0.5) is 0 Å². The Morgan fingerprint density at radius 3 is 2.62 bits per heavy atom. The highest BCUT2D eigenvalue weighted by Crippen LogP contribution is 2.20. The molecule has 7 heteroatoms. The van der Waals surface area contributed by atoms with Crippen molar-refractivity contribution in [2.45, 2.75) is 65.3 Å². The van der Waals surface area contributed by atoms with Crippen LogP contribution in [-0.2, 0) is 4.74 Å². The topological polar surface area (TPSA) is 116 Å². The maximum atomic E-state index is 11.5. The standard InChI is InChI=1S/C22H31N3O4/c1-16-14-17(2)20(21(26)27)18(15-16)10-7-8-12-19(29-22(3,4)28)11-6-5-9-13-24-25-23/h5-7,10,14-15,19,28H,8-9,11-13H2,1-4H3,(H,26,27)/b6-5-,10-7+/t19-/m1/s1. The van der Waals surface area contributed by atoms with Crippen molar-refractivity contribution in [3.63, 3.8) is 0 Å². The first-order valence-electron chi connectivity index (χ1n) is 9.71. The number of carboxylic acids is 1. The molecule has 0 aliphatic heterocycles. The molecule has 0 saturated carbocycles. The summed E-state index contributed by atoms with van der Waals surface area (Å²) in [4.78, 5) is 14.3. The van der Waals surface area contributed by atoms with Gasteiger partial charge in [0.2, 0.25) is 0 Å². The van der Waals surface area contributed by atoms with Crippen LogP contribution in [0.2, 0.25) is 0 Å². The van der Waals surface area contributed by atoms with E-state index in [-0.39, 0.29) is 6.10 Å². The van der Waals surface area contributed by atoms with Crippen molar-refractivity contribution in [2.75, 3.05) is 6.54 Å². The Morgan fingerprint density at radius 2 is 2.00 bits per heavy atom. The first kappa shape index (κ1) is 24.4. The molecule has 0 saturated heterocycles. The van der Waals surface area contributed by atoms with E-state index >= 15 is 0 Å². The molecule has 0 fully saturated rings. The predicted molar refractivity (Wildman–Crippen MR) is 115 cm³/mol. The number of hydrogen-bond acceptors (Lipinski definition) is 4. The maximum absolute atomic E-state index is 11.5. The van der Waals surface area contributed by atoms with Gasteiger partial charge in [-0.1, -0.05) is 47.1 Å². The molecular formula is C22H31N3O4. The first-order chi connectivity index (χ1) is 13.6. The lowest BCUT2D eigenvalue weighted by Gasteiger charge is -2.25. The second-order valence-electron chi connectivity index (χ2n) is 7.47. The normalized spacial score (nSPS) is 13.0. The second-order valence-corrected chi connectivity index (χ2v) is 7.47. The highest BCUT2D eigenvalue weighted by Gasteiger charge is 2.19. The van der Waals surface area contributed by atoms with E-state index in [1.807, 2.05) is 43.4 Å². The third-order valence-electron chi connectivity index (χ3n) is 4.16. The first-order valence-corrected chi connectivity index (χ1v) is 9.71. The average molecular weight is 402 g/mol. The number of nitrogens with zero attached hydrogens (tertiary/aromatic N) is 3. The number of hydrogen-bond donors (Lipinski definition) is 2. The zero-order valence-electron chi connectivity index (χ0n) is 17.6. The molecule has 2 N–H and O–H groups in total. The summed E-state index contributed by atoms with van der Waals surface area (Å²) >= 11 is 0. The van der Waals surface area contributed by atoms with Crippen LogP contribution in [0, 0.1) is 13.8 Å². The Bertz CT molecular complexity index is 788. The van der Waals surface area contributed by atoms with Crippen LogP contribution in [0.15, 0.2) is 35.5 Å². The van der Waals surface area contributed by atoms with Gasteiger partial charge in [0.05, 0.1) is 11.7 Å². The van der Waals surface area contributed by atoms with E-state index < -0.39 is 11.8 Å². The summed E-state index contributed by atoms with van der Waals surface area (Å²) in [6, 6.07) is 3.73. The van der Waals surface area contributed by atoms with Crippen molar-refractivity contribution in [1.29, 1.82) is 0 Å². The van der Waals surface area contributed by atoms with E-state index in [9.17, 15) is 15.0 Å². The summed E-state index contributed by atoms with van der Waals surface area (Å²) in [5, 5.41) is 22.9. The second kappa shape index (κ2) is 12.1. The number of benzene rings is 1. The third-order valence-corrected chi connectivity index (χ3v) is 4.16. The number of carboxylic acid groups (broad SMARTS) is 1. The molecule has 0 aliphatic rings. The molecule has 1 rings (SSSR count). The lowest BCUT2D eigenvalue weighted by atomic mass is 9.98. The Labute approximate surface area is 172 Å². The molecule has 1 atom stereocenters. The zero-order valence-corrected chi connectivity index (χ0v) is 17.6. The predicted octanol–water partition coefficient (Wildman–Crippen LogP) is 5.56. The summed E-state index contributed by atoms with van der Waals surface area (Å²) in [6.45, 7) is 7.34. The average Bonchev–Trinajstić information content (AvgIpc) is 2.59. The fourth-order valence-corrected chi connectivity index (χ4v) is 3.09. The van der Waals surface area contributed by atoms with Gasteiger partial charge in [0.25, 0.3) is 0 Å². The number of aryl methyl sites for hydroxylation is 2. The minimum absolute atomic E-state index is 0.187. The highest BCUT2D eigenvalue weighted by atomic mass is 16.6. The number of allylic oxidation sites excluding steroid dienone is 1. The monoisotopic (exact) mass is 401 g/mol. The molecule has 0 amide bonds. The molecule has 0 aromatic heterocycles. The fraction of sp³-hybridized carbons (Fsp3) is 0.500. The molecular weight excluding hydrogens is 370 g/mol. The molecule has 29 heavy (non-hydrogen) atoms. The van der Waals surface area contributed by atoms with E-state index in [1.54, 1.807) is 20.8 Å². The molecule has 0 heterocycles. The molecule has 1 aromatic carbocycles. The van der Waals surface area contributed by atoms with E-state index in [0.717, 1.165) is 11.1 Å². The van der Waals surface area contributed by atoms with Crippen molar-refractivity contribution in [3.8, 4) is 0 Å². The lowest BCUT2D eigenvalue weighted by Crippen LogP contribution is -2.29. The Morgan fingerprint density at radius 1 is 1.28 bits per heavy atom. The Kier molecular flexibility index (Phi) is 10.2. The zero-order chi connectivity index (χ0) is 21.9. The molecule has 0 radical (unpaired) electrons. The Balaban J connectivity index is 2.74. The number of ether oxygens (including phenoxy) is 1. The van der Waals surface area contributed by atoms with Crippen LogP contribution >= 0.6 is 0 Å². The van der Waals surface area contributed by atoms with Gasteiger partial charge in [-0.3, -0.25) is 0 Å². The largest absolute Gasteiger partial charge is 0.478 e. The minimum atomic E-state index is -1.24. The molecule has 158 valence electrons. The number of azide groups is 1. The lowest BCUT2D eigenvalue weighted by molar-refractivity contribution is -0.205. The van der Waals surface area contributed by atoms with Gasteiger partial charge in [-0.2, -0.15) is 0 Å². The van der Waals surface area contributed by atoms with Crippen molar-refractivity contribution in [1.82, 2.24) is 0 Å². The van der Waals surface area contributed by atoms with Crippen LogP contribution in [-0.4, -0.2) is 34.6 Å². The quantitative estimate of drug-likeness (QED) is 0.119. The van der Waals surface area contributed by atoms with Gasteiger partial charge in [0, 0.05) is 11.5 Å². The van der Waals surface area contributed by atoms with Gasteiger partial charge in [-0.15, -0.1) is 0 Å². The van der Waals surface area contributed by atoms with Crippen molar-refractivity contribution < 1.29 is 19.7 Å². The number of rotatable bonds is 12. The van der Waals surface area contributed by atoms with Gasteiger partial charge >= 0.3 is 5.97 Å². The summed E-state index contributed by atoms with van der Waals surface area (Å²) in [5.74, 6) is -2.17. The highest BCUT2D eigenvalue weighted by molar-refractivity contribution is 5.94. The number of carbonyl (C=O) groups is 1.